The molecule has 0 aromatic rings. The molecule has 0 rings (SSSR count). The Morgan fingerprint density at radius 3 is 2.09 bits per heavy atom. The molecule has 0 spiro atoms. The van der Waals surface area contributed by atoms with Crippen LogP contribution in [0.5, 0.6) is 0 Å². The van der Waals surface area contributed by atoms with Crippen molar-refractivity contribution in [3.05, 3.63) is 24.4 Å². The zero-order valence-electron chi connectivity index (χ0n) is 6.07. The Morgan fingerprint density at radius 2 is 1.82 bits per heavy atom. The second kappa shape index (κ2) is 3.37. The van der Waals surface area contributed by atoms with Crippen molar-refractivity contribution in [1.82, 2.24) is 0 Å². The summed E-state index contributed by atoms with van der Waals surface area (Å²) in [5.41, 5.74) is -0.657. The molecule has 0 aliphatic carbocycles. The highest BCUT2D eigenvalue weighted by atomic mass is 19.4. The first-order chi connectivity index (χ1) is 4.84. The van der Waals surface area contributed by atoms with Crippen molar-refractivity contribution in [3.63, 3.8) is 0 Å². The Bertz CT molecular complexity index is 200. The number of aliphatic imine (C=N–C) groups is 1. The Kier molecular flexibility index (Phi) is 3.04. The Balaban J connectivity index is 4.20. The second-order valence-electron chi connectivity index (χ2n) is 2.05. The topological polar surface area (TPSA) is 12.4 Å². The fourth-order valence-corrected chi connectivity index (χ4v) is 0.261. The molecule has 0 aromatic carbocycles. The van der Waals surface area contributed by atoms with E-state index in [1.165, 1.54) is 0 Å². The van der Waals surface area contributed by atoms with Gasteiger partial charge in [0.15, 0.2) is 0 Å². The minimum absolute atomic E-state index is 0.454. The molecule has 0 N–H and O–H groups in total. The van der Waals surface area contributed by atoms with Gasteiger partial charge in [-0.1, -0.05) is 13.2 Å². The average Bonchev–Trinajstić information content (AvgIpc) is 1.80. The third kappa shape index (κ3) is 4.36. The van der Waals surface area contributed by atoms with E-state index in [0.29, 0.717) is 5.57 Å². The number of nitrogens with zero attached hydrogens (tertiary/aromatic N) is 1. The van der Waals surface area contributed by atoms with Gasteiger partial charge in [0.2, 0.25) is 0 Å². The molecule has 0 saturated carbocycles. The lowest BCUT2D eigenvalue weighted by Gasteiger charge is -2.03. The van der Waals surface area contributed by atoms with Gasteiger partial charge in [0.05, 0.1) is 0 Å². The molecule has 0 saturated heterocycles. The summed E-state index contributed by atoms with van der Waals surface area (Å²) in [5, 5.41) is 0. The zero-order valence-corrected chi connectivity index (χ0v) is 6.07. The van der Waals surface area contributed by atoms with Crippen LogP contribution in [0, 0.1) is 0 Å². The molecule has 0 aliphatic heterocycles. The summed E-state index contributed by atoms with van der Waals surface area (Å²) in [6.07, 6.45) is -3.41. The van der Waals surface area contributed by atoms with Crippen molar-refractivity contribution in [2.75, 3.05) is 0 Å². The third-order valence-electron chi connectivity index (χ3n) is 0.768. The SMILES string of the molecule is C=C(C)C=NC(=C)C(F)(F)F. The molecule has 0 aromatic heterocycles. The van der Waals surface area contributed by atoms with Crippen LogP contribution < -0.4 is 0 Å². The van der Waals surface area contributed by atoms with Crippen molar-refractivity contribution in [3.8, 4) is 0 Å². The van der Waals surface area contributed by atoms with Crippen LogP contribution >= 0.6 is 0 Å². The van der Waals surface area contributed by atoms with Crippen molar-refractivity contribution in [2.45, 2.75) is 13.1 Å². The molecule has 0 fully saturated rings. The summed E-state index contributed by atoms with van der Waals surface area (Å²) in [6, 6.07) is 0. The lowest BCUT2D eigenvalue weighted by molar-refractivity contribution is -0.0918. The number of alkyl halides is 3. The lowest BCUT2D eigenvalue weighted by atomic mass is 10.4. The molecule has 62 valence electrons. The number of halogens is 3. The van der Waals surface area contributed by atoms with Gasteiger partial charge in [-0.05, 0) is 12.5 Å². The van der Waals surface area contributed by atoms with Gasteiger partial charge in [-0.15, -0.1) is 0 Å². The van der Waals surface area contributed by atoms with Gasteiger partial charge in [-0.3, -0.25) is 4.99 Å². The fraction of sp³-hybridized carbons (Fsp3) is 0.286. The second-order valence-corrected chi connectivity index (χ2v) is 2.05. The van der Waals surface area contributed by atoms with E-state index in [1.807, 2.05) is 0 Å². The summed E-state index contributed by atoms with van der Waals surface area (Å²) < 4.78 is 35.0. The standard InChI is InChI=1S/C7H8F3N/c1-5(2)4-11-6(3)7(8,9)10/h4H,1,3H2,2H3. The van der Waals surface area contributed by atoms with Crippen molar-refractivity contribution in [2.24, 2.45) is 4.99 Å². The molecule has 0 heterocycles. The summed E-state index contributed by atoms with van der Waals surface area (Å²) in [4.78, 5) is 3.05. The van der Waals surface area contributed by atoms with Gasteiger partial charge >= 0.3 is 6.18 Å². The van der Waals surface area contributed by atoms with Gasteiger partial charge in [0.25, 0.3) is 0 Å². The van der Waals surface area contributed by atoms with Crippen LogP contribution in [0.3, 0.4) is 0 Å². The molecular weight excluding hydrogens is 155 g/mol. The Hall–Kier alpha value is -1.06. The molecular formula is C7H8F3N. The van der Waals surface area contributed by atoms with E-state index in [9.17, 15) is 13.2 Å². The smallest absolute Gasteiger partial charge is 0.252 e. The van der Waals surface area contributed by atoms with Gasteiger partial charge < -0.3 is 0 Å². The maximum absolute atomic E-state index is 11.7. The summed E-state index contributed by atoms with van der Waals surface area (Å²) in [5.74, 6) is 0. The van der Waals surface area contributed by atoms with Crippen LogP contribution in [0.1, 0.15) is 6.92 Å². The summed E-state index contributed by atoms with van der Waals surface area (Å²) in [6.45, 7) is 7.63. The molecule has 11 heavy (non-hydrogen) atoms. The quantitative estimate of drug-likeness (QED) is 0.555. The van der Waals surface area contributed by atoms with Gasteiger partial charge in [-0.2, -0.15) is 13.2 Å². The molecule has 0 atom stereocenters. The predicted octanol–water partition coefficient (Wildman–Crippen LogP) is 2.71. The van der Waals surface area contributed by atoms with Gasteiger partial charge in [0, 0.05) is 6.21 Å². The molecule has 0 unspecified atom stereocenters. The van der Waals surface area contributed by atoms with Gasteiger partial charge in [-0.25, -0.2) is 0 Å². The molecule has 0 radical (unpaired) electrons. The van der Waals surface area contributed by atoms with E-state index in [0.717, 1.165) is 6.21 Å². The van der Waals surface area contributed by atoms with E-state index in [4.69, 9.17) is 0 Å². The predicted molar refractivity (Wildman–Crippen MR) is 38.5 cm³/mol. The number of rotatable bonds is 2. The fourth-order valence-electron chi connectivity index (χ4n) is 0.261. The summed E-state index contributed by atoms with van der Waals surface area (Å²) >= 11 is 0. The van der Waals surface area contributed by atoms with Crippen LogP contribution in [-0.2, 0) is 0 Å². The molecule has 0 amide bonds. The summed E-state index contributed by atoms with van der Waals surface area (Å²) in [7, 11) is 0. The maximum atomic E-state index is 11.7. The number of allylic oxidation sites excluding steroid dienone is 2. The monoisotopic (exact) mass is 163 g/mol. The molecule has 1 nitrogen and oxygen atoms in total. The van der Waals surface area contributed by atoms with E-state index in [-0.39, 0.29) is 0 Å². The largest absolute Gasteiger partial charge is 0.432 e. The zero-order chi connectivity index (χ0) is 9.07. The van der Waals surface area contributed by atoms with Crippen LogP contribution in [0.4, 0.5) is 13.2 Å². The maximum Gasteiger partial charge on any atom is 0.432 e. The van der Waals surface area contributed by atoms with Crippen molar-refractivity contribution in [1.29, 1.82) is 0 Å². The first kappa shape index (κ1) is 9.94. The molecule has 0 aliphatic rings. The van der Waals surface area contributed by atoms with Gasteiger partial charge in [0.1, 0.15) is 5.70 Å². The first-order valence-corrected chi connectivity index (χ1v) is 2.79. The highest BCUT2D eigenvalue weighted by Gasteiger charge is 2.31. The van der Waals surface area contributed by atoms with E-state index < -0.39 is 11.9 Å². The molecule has 0 bridgehead atoms. The Morgan fingerprint density at radius 1 is 1.36 bits per heavy atom. The average molecular weight is 163 g/mol. The Labute approximate surface area is 62.9 Å². The van der Waals surface area contributed by atoms with Crippen molar-refractivity contribution >= 4 is 6.21 Å². The first-order valence-electron chi connectivity index (χ1n) is 2.79. The van der Waals surface area contributed by atoms with E-state index in [2.05, 4.69) is 18.2 Å². The van der Waals surface area contributed by atoms with E-state index in [1.54, 1.807) is 6.92 Å². The van der Waals surface area contributed by atoms with Crippen LogP contribution in [0.25, 0.3) is 0 Å². The molecule has 4 heteroatoms. The van der Waals surface area contributed by atoms with Crippen molar-refractivity contribution < 1.29 is 13.2 Å². The number of hydrogen-bond acceptors (Lipinski definition) is 1. The number of hydrogen-bond donors (Lipinski definition) is 0. The van der Waals surface area contributed by atoms with Crippen LogP contribution in [0.15, 0.2) is 29.4 Å². The highest BCUT2D eigenvalue weighted by molar-refractivity contribution is 5.77. The normalized spacial score (nSPS) is 12.0. The lowest BCUT2D eigenvalue weighted by Crippen LogP contribution is -2.08. The third-order valence-corrected chi connectivity index (χ3v) is 0.768. The minimum Gasteiger partial charge on any atom is -0.252 e. The van der Waals surface area contributed by atoms with E-state index >= 15 is 0 Å². The minimum atomic E-state index is -4.44. The van der Waals surface area contributed by atoms with Crippen LogP contribution in [0.2, 0.25) is 0 Å². The highest BCUT2D eigenvalue weighted by Crippen LogP contribution is 2.24. The van der Waals surface area contributed by atoms with Crippen LogP contribution in [-0.4, -0.2) is 12.4 Å².